The van der Waals surface area contributed by atoms with Gasteiger partial charge in [0, 0.05) is 24.5 Å². The first-order chi connectivity index (χ1) is 8.18. The van der Waals surface area contributed by atoms with Gasteiger partial charge in [-0.15, -0.1) is 11.8 Å². The predicted octanol–water partition coefficient (Wildman–Crippen LogP) is 0.229. The number of hydrogen-bond donors (Lipinski definition) is 3. The lowest BCUT2D eigenvalue weighted by atomic mass is 9.97. The molecule has 0 saturated carbocycles. The van der Waals surface area contributed by atoms with Gasteiger partial charge in [-0.3, -0.25) is 4.79 Å². The second-order valence-corrected chi connectivity index (χ2v) is 5.26. The van der Waals surface area contributed by atoms with Gasteiger partial charge in [0.15, 0.2) is 0 Å². The van der Waals surface area contributed by atoms with Crippen LogP contribution in [0.25, 0.3) is 0 Å². The molecule has 0 bridgehead atoms. The monoisotopic (exact) mass is 252 g/mol. The standard InChI is InChI=1S/C12H16N2O2S/c15-11(14-9-12(16)7-13-8-12)6-17-10-4-2-1-3-5-10/h1-5,13,16H,6-9H2,(H,14,15). The number of nitrogens with one attached hydrogen (secondary N) is 2. The average molecular weight is 252 g/mol. The molecule has 17 heavy (non-hydrogen) atoms. The molecule has 5 heteroatoms. The first-order valence-corrected chi connectivity index (χ1v) is 6.54. The van der Waals surface area contributed by atoms with E-state index in [4.69, 9.17) is 0 Å². The van der Waals surface area contributed by atoms with Crippen LogP contribution in [0.4, 0.5) is 0 Å². The van der Waals surface area contributed by atoms with Gasteiger partial charge in [-0.05, 0) is 12.1 Å². The van der Waals surface area contributed by atoms with Gasteiger partial charge in [-0.1, -0.05) is 18.2 Å². The largest absolute Gasteiger partial charge is 0.385 e. The SMILES string of the molecule is O=C(CSc1ccccc1)NCC1(O)CNC1. The van der Waals surface area contributed by atoms with Gasteiger partial charge in [0.05, 0.1) is 5.75 Å². The van der Waals surface area contributed by atoms with Crippen molar-refractivity contribution in [3.05, 3.63) is 30.3 Å². The number of thioether (sulfide) groups is 1. The molecule has 1 aliphatic rings. The lowest BCUT2D eigenvalue weighted by Gasteiger charge is -2.37. The fourth-order valence-electron chi connectivity index (χ4n) is 1.52. The molecule has 0 radical (unpaired) electrons. The Kier molecular flexibility index (Phi) is 4.04. The van der Waals surface area contributed by atoms with Gasteiger partial charge in [0.1, 0.15) is 5.60 Å². The molecule has 3 N–H and O–H groups in total. The highest BCUT2D eigenvalue weighted by molar-refractivity contribution is 8.00. The molecule has 1 amide bonds. The molecule has 1 heterocycles. The minimum Gasteiger partial charge on any atom is -0.385 e. The second-order valence-electron chi connectivity index (χ2n) is 4.21. The van der Waals surface area contributed by atoms with Crippen molar-refractivity contribution in [2.45, 2.75) is 10.5 Å². The van der Waals surface area contributed by atoms with Crippen molar-refractivity contribution in [2.24, 2.45) is 0 Å². The third kappa shape index (κ3) is 3.73. The van der Waals surface area contributed by atoms with Crippen LogP contribution in [0.5, 0.6) is 0 Å². The normalized spacial score (nSPS) is 17.2. The summed E-state index contributed by atoms with van der Waals surface area (Å²) in [5.41, 5.74) is -0.743. The summed E-state index contributed by atoms with van der Waals surface area (Å²) in [6, 6.07) is 9.79. The molecular formula is C12H16N2O2S. The maximum absolute atomic E-state index is 11.5. The molecule has 0 spiro atoms. The molecular weight excluding hydrogens is 236 g/mol. The van der Waals surface area contributed by atoms with E-state index in [1.54, 1.807) is 0 Å². The van der Waals surface area contributed by atoms with E-state index in [0.29, 0.717) is 25.4 Å². The topological polar surface area (TPSA) is 61.4 Å². The summed E-state index contributed by atoms with van der Waals surface area (Å²) in [4.78, 5) is 12.6. The minimum atomic E-state index is -0.743. The van der Waals surface area contributed by atoms with E-state index in [2.05, 4.69) is 10.6 Å². The summed E-state index contributed by atoms with van der Waals surface area (Å²) in [7, 11) is 0. The lowest BCUT2D eigenvalue weighted by molar-refractivity contribution is -0.120. The van der Waals surface area contributed by atoms with E-state index < -0.39 is 5.60 Å². The Hall–Kier alpha value is -1.04. The molecule has 0 aliphatic carbocycles. The predicted molar refractivity (Wildman–Crippen MR) is 68.0 cm³/mol. The molecule has 1 saturated heterocycles. The van der Waals surface area contributed by atoms with Crippen molar-refractivity contribution < 1.29 is 9.90 Å². The van der Waals surface area contributed by atoms with Crippen LogP contribution < -0.4 is 10.6 Å². The Labute approximate surface area is 105 Å². The van der Waals surface area contributed by atoms with Crippen molar-refractivity contribution in [3.8, 4) is 0 Å². The van der Waals surface area contributed by atoms with Crippen molar-refractivity contribution >= 4 is 17.7 Å². The Bertz CT molecular complexity index is 379. The number of β-amino-alcohol motifs (C(OH)–C–C–N with tert-alkyl or cyclic N) is 1. The zero-order valence-corrected chi connectivity index (χ0v) is 10.3. The number of amides is 1. The van der Waals surface area contributed by atoms with Gasteiger partial charge >= 0.3 is 0 Å². The van der Waals surface area contributed by atoms with Gasteiger partial charge in [-0.2, -0.15) is 0 Å². The van der Waals surface area contributed by atoms with Crippen LogP contribution in [-0.2, 0) is 4.79 Å². The van der Waals surface area contributed by atoms with E-state index in [1.165, 1.54) is 11.8 Å². The average Bonchev–Trinajstić information content (AvgIpc) is 2.33. The minimum absolute atomic E-state index is 0.0424. The van der Waals surface area contributed by atoms with E-state index in [1.807, 2.05) is 30.3 Å². The highest BCUT2D eigenvalue weighted by atomic mass is 32.2. The van der Waals surface area contributed by atoms with Gasteiger partial charge < -0.3 is 15.7 Å². The molecule has 2 rings (SSSR count). The molecule has 0 aromatic heterocycles. The van der Waals surface area contributed by atoms with Crippen molar-refractivity contribution in [3.63, 3.8) is 0 Å². The zero-order valence-electron chi connectivity index (χ0n) is 9.48. The fourth-order valence-corrected chi connectivity index (χ4v) is 2.27. The van der Waals surface area contributed by atoms with Crippen LogP contribution in [0, 0.1) is 0 Å². The van der Waals surface area contributed by atoms with Gasteiger partial charge in [-0.25, -0.2) is 0 Å². The zero-order chi connectivity index (χ0) is 12.1. The number of hydrogen-bond acceptors (Lipinski definition) is 4. The van der Waals surface area contributed by atoms with Crippen molar-refractivity contribution in [1.29, 1.82) is 0 Å². The summed E-state index contributed by atoms with van der Waals surface area (Å²) >= 11 is 1.50. The van der Waals surface area contributed by atoms with Gasteiger partial charge in [0.2, 0.25) is 5.91 Å². The van der Waals surface area contributed by atoms with Crippen LogP contribution in [-0.4, -0.2) is 42.0 Å². The summed E-state index contributed by atoms with van der Waals surface area (Å²) in [5.74, 6) is 0.340. The summed E-state index contributed by atoms with van der Waals surface area (Å²) < 4.78 is 0. The van der Waals surface area contributed by atoms with E-state index in [9.17, 15) is 9.90 Å². The molecule has 1 aromatic rings. The summed E-state index contributed by atoms with van der Waals surface area (Å²) in [6.45, 7) is 1.44. The maximum atomic E-state index is 11.5. The lowest BCUT2D eigenvalue weighted by Crippen LogP contribution is -2.64. The molecule has 1 aliphatic heterocycles. The Morgan fingerprint density at radius 2 is 2.12 bits per heavy atom. The molecule has 4 nitrogen and oxygen atoms in total. The van der Waals surface area contributed by atoms with Crippen LogP contribution in [0.1, 0.15) is 0 Å². The first kappa shape index (κ1) is 12.4. The van der Waals surface area contributed by atoms with Crippen LogP contribution >= 0.6 is 11.8 Å². The maximum Gasteiger partial charge on any atom is 0.230 e. The molecule has 0 atom stereocenters. The first-order valence-electron chi connectivity index (χ1n) is 5.56. The second kappa shape index (κ2) is 5.53. The Morgan fingerprint density at radius 3 is 2.71 bits per heavy atom. The van der Waals surface area contributed by atoms with Crippen molar-refractivity contribution in [2.75, 3.05) is 25.4 Å². The highest BCUT2D eigenvalue weighted by Gasteiger charge is 2.34. The van der Waals surface area contributed by atoms with Crippen LogP contribution in [0.3, 0.4) is 0 Å². The Morgan fingerprint density at radius 1 is 1.41 bits per heavy atom. The number of benzene rings is 1. The summed E-state index contributed by atoms with van der Waals surface area (Å²) in [5, 5.41) is 15.5. The van der Waals surface area contributed by atoms with Crippen LogP contribution in [0.2, 0.25) is 0 Å². The third-order valence-electron chi connectivity index (χ3n) is 2.64. The number of rotatable bonds is 5. The molecule has 92 valence electrons. The number of carbonyl (C=O) groups is 1. The van der Waals surface area contributed by atoms with Crippen LogP contribution in [0.15, 0.2) is 35.2 Å². The van der Waals surface area contributed by atoms with E-state index in [-0.39, 0.29) is 5.91 Å². The van der Waals surface area contributed by atoms with Gasteiger partial charge in [0.25, 0.3) is 0 Å². The quantitative estimate of drug-likeness (QED) is 0.657. The fraction of sp³-hybridized carbons (Fsp3) is 0.417. The van der Waals surface area contributed by atoms with E-state index >= 15 is 0 Å². The molecule has 1 fully saturated rings. The smallest absolute Gasteiger partial charge is 0.230 e. The van der Waals surface area contributed by atoms with Crippen molar-refractivity contribution in [1.82, 2.24) is 10.6 Å². The summed E-state index contributed by atoms with van der Waals surface area (Å²) in [6.07, 6.45) is 0. The number of carbonyl (C=O) groups excluding carboxylic acids is 1. The molecule has 0 unspecified atom stereocenters. The third-order valence-corrected chi connectivity index (χ3v) is 3.65. The number of aliphatic hydroxyl groups is 1. The van der Waals surface area contributed by atoms with E-state index in [0.717, 1.165) is 4.90 Å². The molecule has 1 aromatic carbocycles. The highest BCUT2D eigenvalue weighted by Crippen LogP contribution is 2.16. The Balaban J connectivity index is 1.67.